The summed E-state index contributed by atoms with van der Waals surface area (Å²) in [6.45, 7) is 3.90. The second-order valence-corrected chi connectivity index (χ2v) is 5.89. The fourth-order valence-corrected chi connectivity index (χ4v) is 2.91. The van der Waals surface area contributed by atoms with Gasteiger partial charge in [0, 0.05) is 18.8 Å². The zero-order chi connectivity index (χ0) is 13.7. The third-order valence-electron chi connectivity index (χ3n) is 2.67. The first-order valence-corrected chi connectivity index (χ1v) is 7.77. The van der Waals surface area contributed by atoms with E-state index in [0.717, 1.165) is 12.2 Å². The molecule has 1 aliphatic heterocycles. The molecule has 2 N–H and O–H groups in total. The number of nitrogens with zero attached hydrogens (tertiary/aromatic N) is 3. The lowest BCUT2D eigenvalue weighted by Gasteiger charge is -2.22. The number of aromatic nitrogens is 3. The van der Waals surface area contributed by atoms with E-state index in [2.05, 4.69) is 25.6 Å². The fraction of sp³-hybridized carbons (Fsp3) is 0.750. The molecule has 19 heavy (non-hydrogen) atoms. The maximum Gasteiger partial charge on any atom is 0.323 e. The first-order chi connectivity index (χ1) is 9.17. The number of nitrogens with one attached hydrogen (secondary N) is 2. The van der Waals surface area contributed by atoms with E-state index in [0.29, 0.717) is 23.9 Å². The summed E-state index contributed by atoms with van der Waals surface area (Å²) < 4.78 is 5.54. The van der Waals surface area contributed by atoms with Crippen LogP contribution in [-0.2, 0) is 0 Å². The number of thioether (sulfide) groups is 1. The van der Waals surface area contributed by atoms with Crippen LogP contribution in [0.2, 0.25) is 0 Å². The molecule has 1 fully saturated rings. The minimum Gasteiger partial charge on any atom is -0.461 e. The molecule has 0 amide bonds. The molecule has 1 saturated heterocycles. The molecular formula is C12H21N5OS. The van der Waals surface area contributed by atoms with Gasteiger partial charge in [0.05, 0.1) is 6.10 Å². The largest absolute Gasteiger partial charge is 0.461 e. The third-order valence-corrected chi connectivity index (χ3v) is 3.89. The first-order valence-electron chi connectivity index (χ1n) is 6.62. The Morgan fingerprint density at radius 2 is 2.05 bits per heavy atom. The van der Waals surface area contributed by atoms with E-state index in [1.165, 1.54) is 12.2 Å². The molecule has 2 rings (SSSR count). The van der Waals surface area contributed by atoms with E-state index in [-0.39, 0.29) is 6.10 Å². The standard InChI is InChI=1S/C12H21N5OS/c1-8(2)18-12-16-10(13-3)15-11(17-12)14-9-5-4-6-19-7-9/h8-9H,4-7H2,1-3H3,(H2,13,14,15,16,17). The van der Waals surface area contributed by atoms with Crippen molar-refractivity contribution in [1.82, 2.24) is 15.0 Å². The van der Waals surface area contributed by atoms with E-state index in [1.807, 2.05) is 25.6 Å². The van der Waals surface area contributed by atoms with Crippen LogP contribution in [0.25, 0.3) is 0 Å². The van der Waals surface area contributed by atoms with Crippen LogP contribution in [0.3, 0.4) is 0 Å². The van der Waals surface area contributed by atoms with Gasteiger partial charge in [-0.2, -0.15) is 26.7 Å². The summed E-state index contributed by atoms with van der Waals surface area (Å²) in [5, 5.41) is 6.30. The maximum absolute atomic E-state index is 5.54. The zero-order valence-corrected chi connectivity index (χ0v) is 12.5. The molecule has 0 aliphatic carbocycles. The Labute approximate surface area is 118 Å². The zero-order valence-electron chi connectivity index (χ0n) is 11.6. The SMILES string of the molecule is CNc1nc(NC2CCCSC2)nc(OC(C)C)n1. The minimum absolute atomic E-state index is 0.0465. The molecule has 7 heteroatoms. The highest BCUT2D eigenvalue weighted by atomic mass is 32.2. The molecule has 1 aromatic heterocycles. The Bertz CT molecular complexity index is 409. The van der Waals surface area contributed by atoms with Gasteiger partial charge in [0.15, 0.2) is 0 Å². The topological polar surface area (TPSA) is 72.0 Å². The van der Waals surface area contributed by atoms with Crippen molar-refractivity contribution >= 4 is 23.7 Å². The van der Waals surface area contributed by atoms with Crippen LogP contribution in [0.4, 0.5) is 11.9 Å². The highest BCUT2D eigenvalue weighted by Crippen LogP contribution is 2.20. The summed E-state index contributed by atoms with van der Waals surface area (Å²) in [7, 11) is 1.79. The van der Waals surface area contributed by atoms with Crippen molar-refractivity contribution in [3.8, 4) is 6.01 Å². The number of hydrogen-bond acceptors (Lipinski definition) is 7. The molecule has 1 aliphatic rings. The van der Waals surface area contributed by atoms with E-state index in [1.54, 1.807) is 7.05 Å². The monoisotopic (exact) mass is 283 g/mol. The van der Waals surface area contributed by atoms with Crippen molar-refractivity contribution in [3.63, 3.8) is 0 Å². The highest BCUT2D eigenvalue weighted by Gasteiger charge is 2.16. The number of ether oxygens (including phenoxy) is 1. The van der Waals surface area contributed by atoms with Gasteiger partial charge < -0.3 is 15.4 Å². The lowest BCUT2D eigenvalue weighted by atomic mass is 10.2. The number of rotatable bonds is 5. The van der Waals surface area contributed by atoms with Gasteiger partial charge in [-0.05, 0) is 32.4 Å². The van der Waals surface area contributed by atoms with E-state index in [9.17, 15) is 0 Å². The Hall–Kier alpha value is -1.24. The average Bonchev–Trinajstić information content (AvgIpc) is 2.38. The third kappa shape index (κ3) is 4.41. The maximum atomic E-state index is 5.54. The molecular weight excluding hydrogens is 262 g/mol. The van der Waals surface area contributed by atoms with Gasteiger partial charge in [0.1, 0.15) is 0 Å². The van der Waals surface area contributed by atoms with Crippen molar-refractivity contribution in [2.75, 3.05) is 29.2 Å². The first kappa shape index (κ1) is 14.2. The van der Waals surface area contributed by atoms with Crippen molar-refractivity contribution in [2.45, 2.75) is 38.8 Å². The molecule has 2 heterocycles. The second kappa shape index (κ2) is 6.79. The molecule has 0 bridgehead atoms. The fourth-order valence-electron chi connectivity index (χ4n) is 1.83. The van der Waals surface area contributed by atoms with Crippen molar-refractivity contribution in [2.24, 2.45) is 0 Å². The van der Waals surface area contributed by atoms with Crippen LogP contribution in [0, 0.1) is 0 Å². The Kier molecular flexibility index (Phi) is 5.07. The van der Waals surface area contributed by atoms with Gasteiger partial charge in [-0.1, -0.05) is 0 Å². The van der Waals surface area contributed by atoms with Gasteiger partial charge in [0.25, 0.3) is 0 Å². The van der Waals surface area contributed by atoms with Gasteiger partial charge >= 0.3 is 6.01 Å². The van der Waals surface area contributed by atoms with Crippen LogP contribution in [-0.4, -0.2) is 45.7 Å². The summed E-state index contributed by atoms with van der Waals surface area (Å²) >= 11 is 1.97. The van der Waals surface area contributed by atoms with Gasteiger partial charge in [-0.3, -0.25) is 0 Å². The molecule has 106 valence electrons. The average molecular weight is 283 g/mol. The Morgan fingerprint density at radius 1 is 1.26 bits per heavy atom. The Balaban J connectivity index is 2.09. The molecule has 0 saturated carbocycles. The summed E-state index contributed by atoms with van der Waals surface area (Å²) in [6.07, 6.45) is 2.44. The van der Waals surface area contributed by atoms with Gasteiger partial charge in [0.2, 0.25) is 11.9 Å². The van der Waals surface area contributed by atoms with Crippen LogP contribution in [0.15, 0.2) is 0 Å². The molecule has 0 radical (unpaired) electrons. The minimum atomic E-state index is 0.0465. The van der Waals surface area contributed by atoms with E-state index >= 15 is 0 Å². The van der Waals surface area contributed by atoms with Crippen LogP contribution >= 0.6 is 11.8 Å². The molecule has 1 aromatic rings. The molecule has 6 nitrogen and oxygen atoms in total. The van der Waals surface area contributed by atoms with Gasteiger partial charge in [-0.25, -0.2) is 0 Å². The normalized spacial score (nSPS) is 19.3. The summed E-state index contributed by atoms with van der Waals surface area (Å²) in [5.41, 5.74) is 0. The van der Waals surface area contributed by atoms with Crippen LogP contribution in [0.1, 0.15) is 26.7 Å². The Morgan fingerprint density at radius 3 is 2.68 bits per heavy atom. The summed E-state index contributed by atoms with van der Waals surface area (Å²) in [6, 6.07) is 0.790. The molecule has 0 spiro atoms. The van der Waals surface area contributed by atoms with Gasteiger partial charge in [-0.15, -0.1) is 0 Å². The lowest BCUT2D eigenvalue weighted by molar-refractivity contribution is 0.222. The smallest absolute Gasteiger partial charge is 0.323 e. The quantitative estimate of drug-likeness (QED) is 0.856. The summed E-state index contributed by atoms with van der Waals surface area (Å²) in [4.78, 5) is 12.8. The van der Waals surface area contributed by atoms with Crippen LogP contribution in [0.5, 0.6) is 6.01 Å². The predicted molar refractivity (Wildman–Crippen MR) is 79.1 cm³/mol. The van der Waals surface area contributed by atoms with Crippen molar-refractivity contribution in [3.05, 3.63) is 0 Å². The van der Waals surface area contributed by atoms with E-state index < -0.39 is 0 Å². The molecule has 1 atom stereocenters. The van der Waals surface area contributed by atoms with Crippen LogP contribution < -0.4 is 15.4 Å². The molecule has 1 unspecified atom stereocenters. The number of anilines is 2. The predicted octanol–water partition coefficient (Wildman–Crippen LogP) is 2.01. The van der Waals surface area contributed by atoms with Crippen molar-refractivity contribution in [1.29, 1.82) is 0 Å². The lowest BCUT2D eigenvalue weighted by Crippen LogP contribution is -2.27. The number of hydrogen-bond donors (Lipinski definition) is 2. The second-order valence-electron chi connectivity index (χ2n) is 4.74. The van der Waals surface area contributed by atoms with Crippen molar-refractivity contribution < 1.29 is 4.74 Å². The highest BCUT2D eigenvalue weighted by molar-refractivity contribution is 7.99. The molecule has 0 aromatic carbocycles. The summed E-state index contributed by atoms with van der Waals surface area (Å²) in [5.74, 6) is 3.46. The van der Waals surface area contributed by atoms with E-state index in [4.69, 9.17) is 4.74 Å².